The van der Waals surface area contributed by atoms with Gasteiger partial charge in [0.1, 0.15) is 18.3 Å². The first-order valence-electron chi connectivity index (χ1n) is 6.34. The number of aromatic amines is 1. The average molecular weight is 307 g/mol. The van der Waals surface area contributed by atoms with Gasteiger partial charge in [-0.2, -0.15) is 4.98 Å². The highest BCUT2D eigenvalue weighted by molar-refractivity contribution is 5.70. The standard InChI is InChI=1S/C12H13N5O5/c1-2-21-8-5(3-18)22-11(7(8)19)17-4-14-6-9(17)15-12(13)16-10(6)20/h1,4-5,7-8,11,18-19H,3H2,(H3,13,15,16,20)/t5-,7?,8?,11-/m1/s1. The number of anilines is 1. The van der Waals surface area contributed by atoms with Crippen LogP contribution in [0.1, 0.15) is 6.23 Å². The van der Waals surface area contributed by atoms with Gasteiger partial charge in [0.05, 0.1) is 12.9 Å². The van der Waals surface area contributed by atoms with E-state index in [0.717, 1.165) is 0 Å². The van der Waals surface area contributed by atoms with Gasteiger partial charge in [-0.1, -0.05) is 6.42 Å². The van der Waals surface area contributed by atoms with E-state index in [1.54, 1.807) is 0 Å². The Kier molecular flexibility index (Phi) is 3.45. The molecule has 0 aromatic carbocycles. The number of nitrogens with one attached hydrogen (secondary N) is 1. The number of ether oxygens (including phenoxy) is 2. The Hall–Kier alpha value is -2.61. The van der Waals surface area contributed by atoms with Gasteiger partial charge in [-0.05, 0) is 0 Å². The molecule has 2 unspecified atom stereocenters. The molecule has 0 radical (unpaired) electrons. The zero-order valence-corrected chi connectivity index (χ0v) is 11.2. The Balaban J connectivity index is 2.05. The molecule has 0 spiro atoms. The SMILES string of the molecule is C#COC1C(O)[C@H](n2cnc3c(=O)[nH]c(N)nc32)O[C@@H]1CO. The first-order chi connectivity index (χ1) is 10.6. The molecule has 22 heavy (non-hydrogen) atoms. The second-order valence-electron chi connectivity index (χ2n) is 4.71. The summed E-state index contributed by atoms with van der Waals surface area (Å²) in [5.74, 6) is -0.0955. The fourth-order valence-corrected chi connectivity index (χ4v) is 2.45. The van der Waals surface area contributed by atoms with Crippen molar-refractivity contribution in [3.05, 3.63) is 16.7 Å². The number of aromatic nitrogens is 4. The predicted octanol–water partition coefficient (Wildman–Crippen LogP) is -2.07. The third-order valence-corrected chi connectivity index (χ3v) is 3.42. The monoisotopic (exact) mass is 307 g/mol. The number of terminal acetylenes is 1. The fourth-order valence-electron chi connectivity index (χ4n) is 2.45. The molecule has 1 fully saturated rings. The number of rotatable bonds is 3. The lowest BCUT2D eigenvalue weighted by Gasteiger charge is -2.17. The van der Waals surface area contributed by atoms with E-state index in [1.807, 2.05) is 6.11 Å². The highest BCUT2D eigenvalue weighted by Crippen LogP contribution is 2.32. The summed E-state index contributed by atoms with van der Waals surface area (Å²) in [6.07, 6.45) is 4.40. The van der Waals surface area contributed by atoms with Crippen LogP contribution in [0.4, 0.5) is 5.95 Å². The van der Waals surface area contributed by atoms with Crippen molar-refractivity contribution in [1.82, 2.24) is 19.5 Å². The maximum atomic E-state index is 11.8. The van der Waals surface area contributed by atoms with Crippen LogP contribution in [0.15, 0.2) is 11.1 Å². The van der Waals surface area contributed by atoms with Crippen LogP contribution in [0.5, 0.6) is 0 Å². The Labute approximate surface area is 123 Å². The molecular weight excluding hydrogens is 294 g/mol. The number of nitrogen functional groups attached to an aromatic ring is 1. The molecule has 0 aliphatic carbocycles. The van der Waals surface area contributed by atoms with Crippen molar-refractivity contribution in [3.63, 3.8) is 0 Å². The van der Waals surface area contributed by atoms with E-state index in [-0.39, 0.29) is 17.1 Å². The maximum absolute atomic E-state index is 11.8. The van der Waals surface area contributed by atoms with Crippen molar-refractivity contribution in [2.75, 3.05) is 12.3 Å². The summed E-state index contributed by atoms with van der Waals surface area (Å²) in [4.78, 5) is 22.0. The molecule has 2 aromatic heterocycles. The summed E-state index contributed by atoms with van der Waals surface area (Å²) in [5, 5.41) is 19.6. The topological polar surface area (TPSA) is 149 Å². The molecule has 1 saturated heterocycles. The number of nitrogens with zero attached hydrogens (tertiary/aromatic N) is 3. The number of fused-ring (bicyclic) bond motifs is 1. The minimum absolute atomic E-state index is 0.0480. The van der Waals surface area contributed by atoms with Crippen molar-refractivity contribution in [2.45, 2.75) is 24.5 Å². The molecule has 1 aliphatic rings. The smallest absolute Gasteiger partial charge is 0.280 e. The fraction of sp³-hybridized carbons (Fsp3) is 0.417. The first-order valence-corrected chi connectivity index (χ1v) is 6.34. The van der Waals surface area contributed by atoms with Gasteiger partial charge < -0.3 is 25.4 Å². The average Bonchev–Trinajstić information content (AvgIpc) is 3.02. The molecule has 3 rings (SSSR count). The summed E-state index contributed by atoms with van der Waals surface area (Å²) < 4.78 is 11.8. The second kappa shape index (κ2) is 5.30. The number of hydrogen-bond acceptors (Lipinski definition) is 8. The van der Waals surface area contributed by atoms with Crippen molar-refractivity contribution >= 4 is 17.1 Å². The Morgan fingerprint density at radius 2 is 2.41 bits per heavy atom. The number of hydrogen-bond donors (Lipinski definition) is 4. The maximum Gasteiger partial charge on any atom is 0.280 e. The minimum atomic E-state index is -1.19. The third kappa shape index (κ3) is 2.08. The lowest BCUT2D eigenvalue weighted by Crippen LogP contribution is -2.35. The van der Waals surface area contributed by atoms with Crippen molar-refractivity contribution < 1.29 is 19.7 Å². The molecule has 0 saturated carbocycles. The normalized spacial score (nSPS) is 27.9. The molecule has 2 aromatic rings. The third-order valence-electron chi connectivity index (χ3n) is 3.42. The zero-order valence-electron chi connectivity index (χ0n) is 11.2. The Bertz CT molecular complexity index is 793. The van der Waals surface area contributed by atoms with Crippen LogP contribution in [0, 0.1) is 12.5 Å². The predicted molar refractivity (Wildman–Crippen MR) is 73.3 cm³/mol. The van der Waals surface area contributed by atoms with Gasteiger partial charge in [0.25, 0.3) is 5.56 Å². The molecular formula is C12H13N5O5. The highest BCUT2D eigenvalue weighted by atomic mass is 16.6. The van der Waals surface area contributed by atoms with Crippen molar-refractivity contribution in [3.8, 4) is 12.5 Å². The van der Waals surface area contributed by atoms with Gasteiger partial charge >= 0.3 is 0 Å². The summed E-state index contributed by atoms with van der Waals surface area (Å²) in [6.45, 7) is -0.400. The highest BCUT2D eigenvalue weighted by Gasteiger charge is 2.46. The van der Waals surface area contributed by atoms with E-state index in [9.17, 15) is 15.0 Å². The number of aliphatic hydroxyl groups is 2. The van der Waals surface area contributed by atoms with E-state index < -0.39 is 36.7 Å². The van der Waals surface area contributed by atoms with E-state index in [1.165, 1.54) is 10.9 Å². The number of imidazole rings is 1. The molecule has 0 bridgehead atoms. The van der Waals surface area contributed by atoms with Gasteiger partial charge in [0, 0.05) is 0 Å². The molecule has 10 heteroatoms. The Morgan fingerprint density at radius 1 is 1.64 bits per heavy atom. The number of H-pyrrole nitrogens is 1. The van der Waals surface area contributed by atoms with Crippen LogP contribution in [0.2, 0.25) is 0 Å². The van der Waals surface area contributed by atoms with Crippen LogP contribution in [0.3, 0.4) is 0 Å². The van der Waals surface area contributed by atoms with Gasteiger partial charge in [0.15, 0.2) is 23.5 Å². The van der Waals surface area contributed by atoms with Gasteiger partial charge in [0.2, 0.25) is 5.95 Å². The van der Waals surface area contributed by atoms with Crippen LogP contribution in [-0.4, -0.2) is 54.7 Å². The number of aliphatic hydroxyl groups excluding tert-OH is 2. The molecule has 0 amide bonds. The quantitative estimate of drug-likeness (QED) is 0.472. The molecule has 3 heterocycles. The summed E-state index contributed by atoms with van der Waals surface area (Å²) in [6, 6.07) is 0. The van der Waals surface area contributed by atoms with Crippen LogP contribution in [0.25, 0.3) is 11.2 Å². The Morgan fingerprint density at radius 3 is 3.09 bits per heavy atom. The zero-order chi connectivity index (χ0) is 15.9. The molecule has 5 N–H and O–H groups in total. The summed E-state index contributed by atoms with van der Waals surface area (Å²) in [5.41, 5.74) is 5.19. The largest absolute Gasteiger partial charge is 0.438 e. The van der Waals surface area contributed by atoms with E-state index in [2.05, 4.69) is 15.0 Å². The summed E-state index contributed by atoms with van der Waals surface area (Å²) in [7, 11) is 0. The molecule has 10 nitrogen and oxygen atoms in total. The molecule has 1 aliphatic heterocycles. The van der Waals surface area contributed by atoms with Gasteiger partial charge in [-0.3, -0.25) is 14.3 Å². The lowest BCUT2D eigenvalue weighted by atomic mass is 10.1. The lowest BCUT2D eigenvalue weighted by molar-refractivity contribution is -0.0510. The van der Waals surface area contributed by atoms with Gasteiger partial charge in [-0.25, -0.2) is 4.98 Å². The minimum Gasteiger partial charge on any atom is -0.438 e. The van der Waals surface area contributed by atoms with Crippen molar-refractivity contribution in [2.24, 2.45) is 0 Å². The molecule has 116 valence electrons. The summed E-state index contributed by atoms with van der Waals surface area (Å²) >= 11 is 0. The van der Waals surface area contributed by atoms with Gasteiger partial charge in [-0.15, -0.1) is 0 Å². The molecule has 4 atom stereocenters. The van der Waals surface area contributed by atoms with E-state index in [4.69, 9.17) is 21.6 Å². The van der Waals surface area contributed by atoms with E-state index in [0.29, 0.717) is 0 Å². The number of nitrogens with two attached hydrogens (primary N) is 1. The second-order valence-corrected chi connectivity index (χ2v) is 4.71. The van der Waals surface area contributed by atoms with Crippen LogP contribution in [-0.2, 0) is 9.47 Å². The van der Waals surface area contributed by atoms with Crippen LogP contribution < -0.4 is 11.3 Å². The first kappa shape index (κ1) is 14.3. The van der Waals surface area contributed by atoms with Crippen molar-refractivity contribution in [1.29, 1.82) is 0 Å². The van der Waals surface area contributed by atoms with Crippen LogP contribution >= 0.6 is 0 Å². The van der Waals surface area contributed by atoms with E-state index >= 15 is 0 Å².